The Balaban J connectivity index is 1.64. The number of carbonyl (C=O) groups is 2. The maximum absolute atomic E-state index is 13.5. The first-order valence-corrected chi connectivity index (χ1v) is 10.5. The number of fused-ring (bicyclic) bond motifs is 1. The van der Waals surface area contributed by atoms with Gasteiger partial charge in [-0.3, -0.25) is 14.5 Å². The van der Waals surface area contributed by atoms with E-state index in [1.807, 2.05) is 0 Å². The van der Waals surface area contributed by atoms with Crippen LogP contribution in [0, 0.1) is 18.7 Å². The second kappa shape index (κ2) is 6.79. The molecule has 6 nitrogen and oxygen atoms in total. The normalized spacial score (nSPS) is 29.0. The summed E-state index contributed by atoms with van der Waals surface area (Å²) in [6.45, 7) is 1.73. The van der Waals surface area contributed by atoms with E-state index in [4.69, 9.17) is 9.26 Å². The average molecular weight is 461 g/mol. The van der Waals surface area contributed by atoms with E-state index in [0.717, 1.165) is 6.42 Å². The monoisotopic (exact) mass is 460 g/mol. The molecule has 1 saturated carbocycles. The molecule has 0 spiro atoms. The zero-order chi connectivity index (χ0) is 20.3. The molecule has 0 saturated heterocycles. The SMILES string of the molecule is Cc1cc(N2C(=O)C3=C(C(=O)C4CC(Br)CCC4O3)C2c2ccc(F)cc2)no1. The van der Waals surface area contributed by atoms with E-state index < -0.39 is 17.8 Å². The summed E-state index contributed by atoms with van der Waals surface area (Å²) >= 11 is 3.62. The number of aryl methyl sites for hydroxylation is 1. The lowest BCUT2D eigenvalue weighted by Gasteiger charge is -2.37. The summed E-state index contributed by atoms with van der Waals surface area (Å²) in [7, 11) is 0. The molecule has 1 aromatic heterocycles. The molecule has 3 heterocycles. The number of hydrogen-bond acceptors (Lipinski definition) is 5. The molecule has 8 heteroatoms. The number of anilines is 1. The topological polar surface area (TPSA) is 72.6 Å². The summed E-state index contributed by atoms with van der Waals surface area (Å²) in [5, 5.41) is 3.98. The molecule has 5 rings (SSSR count). The Morgan fingerprint density at radius 2 is 1.97 bits per heavy atom. The Kier molecular flexibility index (Phi) is 4.34. The number of hydrogen-bond donors (Lipinski definition) is 0. The highest BCUT2D eigenvalue weighted by Crippen LogP contribution is 2.48. The third-order valence-electron chi connectivity index (χ3n) is 5.83. The fraction of sp³-hybridized carbons (Fsp3) is 0.381. The van der Waals surface area contributed by atoms with Crippen molar-refractivity contribution in [1.29, 1.82) is 0 Å². The number of Topliss-reactive ketones (excluding diaryl/α,β-unsaturated/α-hetero) is 1. The lowest BCUT2D eigenvalue weighted by atomic mass is 9.77. The van der Waals surface area contributed by atoms with Crippen molar-refractivity contribution < 1.29 is 23.2 Å². The van der Waals surface area contributed by atoms with Crippen molar-refractivity contribution in [1.82, 2.24) is 5.16 Å². The Morgan fingerprint density at radius 1 is 1.21 bits per heavy atom. The van der Waals surface area contributed by atoms with E-state index in [1.54, 1.807) is 25.1 Å². The van der Waals surface area contributed by atoms with Crippen molar-refractivity contribution in [3.63, 3.8) is 0 Å². The molecule has 0 radical (unpaired) electrons. The summed E-state index contributed by atoms with van der Waals surface area (Å²) in [6.07, 6.45) is 1.96. The Labute approximate surface area is 174 Å². The summed E-state index contributed by atoms with van der Waals surface area (Å²) in [5.74, 6) is -0.272. The zero-order valence-electron chi connectivity index (χ0n) is 15.6. The van der Waals surface area contributed by atoms with Crippen molar-refractivity contribution in [2.24, 2.45) is 5.92 Å². The van der Waals surface area contributed by atoms with Gasteiger partial charge >= 0.3 is 0 Å². The molecule has 2 aliphatic heterocycles. The van der Waals surface area contributed by atoms with Gasteiger partial charge in [0.15, 0.2) is 17.4 Å². The first kappa shape index (κ1) is 18.5. The first-order valence-electron chi connectivity index (χ1n) is 9.55. The number of ether oxygens (including phenoxy) is 1. The molecule has 0 N–H and O–H groups in total. The van der Waals surface area contributed by atoms with Gasteiger partial charge in [0, 0.05) is 10.9 Å². The second-order valence-electron chi connectivity index (χ2n) is 7.71. The molecule has 4 atom stereocenters. The molecule has 150 valence electrons. The lowest BCUT2D eigenvalue weighted by molar-refractivity contribution is -0.131. The third-order valence-corrected chi connectivity index (χ3v) is 6.66. The molecule has 1 aromatic carbocycles. The zero-order valence-corrected chi connectivity index (χ0v) is 17.2. The van der Waals surface area contributed by atoms with Crippen molar-refractivity contribution >= 4 is 33.4 Å². The maximum atomic E-state index is 13.5. The molecule has 3 aliphatic rings. The lowest BCUT2D eigenvalue weighted by Crippen LogP contribution is -2.41. The van der Waals surface area contributed by atoms with Crippen molar-refractivity contribution in [2.45, 2.75) is 43.2 Å². The standard InChI is InChI=1S/C21H18BrFN2O4/c1-10-8-16(24-29-10)25-18(11-2-5-13(23)6-3-11)17-19(26)14-9-12(22)4-7-15(14)28-20(17)21(25)27/h2-3,5-6,8,12,14-15,18H,4,7,9H2,1H3. The Morgan fingerprint density at radius 3 is 2.66 bits per heavy atom. The molecule has 1 amide bonds. The highest BCUT2D eigenvalue weighted by atomic mass is 79.9. The number of amides is 1. The van der Waals surface area contributed by atoms with Crippen LogP contribution < -0.4 is 4.90 Å². The van der Waals surface area contributed by atoms with Gasteiger partial charge in [0.05, 0.1) is 17.5 Å². The van der Waals surface area contributed by atoms with Crippen LogP contribution in [-0.4, -0.2) is 27.8 Å². The largest absolute Gasteiger partial charge is 0.483 e. The molecule has 29 heavy (non-hydrogen) atoms. The molecule has 1 aliphatic carbocycles. The summed E-state index contributed by atoms with van der Waals surface area (Å²) in [6, 6.07) is 6.70. The number of rotatable bonds is 2. The smallest absolute Gasteiger partial charge is 0.295 e. The second-order valence-corrected chi connectivity index (χ2v) is 9.00. The number of halogens is 2. The van der Waals surface area contributed by atoms with E-state index in [-0.39, 0.29) is 28.4 Å². The van der Waals surface area contributed by atoms with Gasteiger partial charge in [0.2, 0.25) is 0 Å². The summed E-state index contributed by atoms with van der Waals surface area (Å²) in [5.41, 5.74) is 0.942. The molecule has 1 fully saturated rings. The number of carbonyl (C=O) groups excluding carboxylic acids is 2. The molecular formula is C21H18BrFN2O4. The predicted molar refractivity (Wildman–Crippen MR) is 105 cm³/mol. The van der Waals surface area contributed by atoms with Crippen LogP contribution in [0.3, 0.4) is 0 Å². The number of benzene rings is 1. The predicted octanol–water partition coefficient (Wildman–Crippen LogP) is 4.00. The van der Waals surface area contributed by atoms with E-state index in [0.29, 0.717) is 35.6 Å². The van der Waals surface area contributed by atoms with Crippen LogP contribution in [0.1, 0.15) is 36.6 Å². The average Bonchev–Trinajstić information content (AvgIpc) is 3.25. The third kappa shape index (κ3) is 2.92. The highest BCUT2D eigenvalue weighted by molar-refractivity contribution is 9.09. The van der Waals surface area contributed by atoms with Crippen LogP contribution in [0.4, 0.5) is 10.2 Å². The van der Waals surface area contributed by atoms with Crippen LogP contribution >= 0.6 is 15.9 Å². The van der Waals surface area contributed by atoms with E-state index in [1.165, 1.54) is 17.0 Å². The van der Waals surface area contributed by atoms with Gasteiger partial charge in [-0.25, -0.2) is 4.39 Å². The van der Waals surface area contributed by atoms with Gasteiger partial charge in [-0.05, 0) is 43.9 Å². The van der Waals surface area contributed by atoms with Crippen molar-refractivity contribution in [3.8, 4) is 0 Å². The maximum Gasteiger partial charge on any atom is 0.295 e. The first-order chi connectivity index (χ1) is 13.9. The Hall–Kier alpha value is -2.48. The molecule has 0 bridgehead atoms. The van der Waals surface area contributed by atoms with Gasteiger partial charge in [-0.1, -0.05) is 33.2 Å². The summed E-state index contributed by atoms with van der Waals surface area (Å²) < 4.78 is 24.8. The minimum atomic E-state index is -0.730. The number of ketones is 1. The highest BCUT2D eigenvalue weighted by Gasteiger charge is 2.53. The molecular weight excluding hydrogens is 443 g/mol. The van der Waals surface area contributed by atoms with Crippen LogP contribution in [0.5, 0.6) is 0 Å². The minimum Gasteiger partial charge on any atom is -0.483 e. The van der Waals surface area contributed by atoms with Crippen LogP contribution in [0.15, 0.2) is 46.2 Å². The molecule has 4 unspecified atom stereocenters. The van der Waals surface area contributed by atoms with E-state index >= 15 is 0 Å². The van der Waals surface area contributed by atoms with Gasteiger partial charge in [0.1, 0.15) is 17.7 Å². The van der Waals surface area contributed by atoms with Crippen LogP contribution in [-0.2, 0) is 14.3 Å². The van der Waals surface area contributed by atoms with Gasteiger partial charge in [0.25, 0.3) is 5.91 Å². The number of nitrogens with zero attached hydrogens (tertiary/aromatic N) is 2. The molecule has 2 aromatic rings. The van der Waals surface area contributed by atoms with Gasteiger partial charge in [-0.15, -0.1) is 0 Å². The van der Waals surface area contributed by atoms with Crippen LogP contribution in [0.25, 0.3) is 0 Å². The fourth-order valence-electron chi connectivity index (χ4n) is 4.48. The van der Waals surface area contributed by atoms with Crippen molar-refractivity contribution in [3.05, 3.63) is 58.8 Å². The van der Waals surface area contributed by atoms with Crippen molar-refractivity contribution in [2.75, 3.05) is 4.90 Å². The fourth-order valence-corrected chi connectivity index (χ4v) is 5.15. The van der Waals surface area contributed by atoms with Gasteiger partial charge in [-0.2, -0.15) is 0 Å². The quantitative estimate of drug-likeness (QED) is 0.633. The minimum absolute atomic E-state index is 0.0780. The number of alkyl halides is 1. The Bertz CT molecular complexity index is 1030. The number of aromatic nitrogens is 1. The summed E-state index contributed by atoms with van der Waals surface area (Å²) in [4.78, 5) is 28.5. The van der Waals surface area contributed by atoms with E-state index in [9.17, 15) is 14.0 Å². The van der Waals surface area contributed by atoms with Gasteiger partial charge < -0.3 is 9.26 Å². The van der Waals surface area contributed by atoms with E-state index in [2.05, 4.69) is 21.1 Å². The van der Waals surface area contributed by atoms with Crippen LogP contribution in [0.2, 0.25) is 0 Å².